The molecule has 0 heterocycles. The number of rotatable bonds is 8. The van der Waals surface area contributed by atoms with Gasteiger partial charge in [-0.25, -0.2) is 0 Å². The van der Waals surface area contributed by atoms with Crippen LogP contribution in [0.4, 0.5) is 5.69 Å². The Hall–Kier alpha value is -2.24. The molecular formula is C18H20ClNO4. The van der Waals surface area contributed by atoms with E-state index in [-0.39, 0.29) is 5.91 Å². The predicted octanol–water partition coefficient (Wildman–Crippen LogP) is 3.77. The van der Waals surface area contributed by atoms with Crippen LogP contribution in [0.25, 0.3) is 0 Å². The van der Waals surface area contributed by atoms with E-state index in [1.807, 2.05) is 0 Å². The second-order valence-corrected chi connectivity index (χ2v) is 5.51. The molecule has 1 N–H and O–H groups in total. The molecular weight excluding hydrogens is 330 g/mol. The summed E-state index contributed by atoms with van der Waals surface area (Å²) in [6.45, 7) is 2.69. The van der Waals surface area contributed by atoms with Crippen LogP contribution in [-0.2, 0) is 9.53 Å². The molecule has 0 saturated carbocycles. The summed E-state index contributed by atoms with van der Waals surface area (Å²) in [5.74, 6) is 1.07. The van der Waals surface area contributed by atoms with Gasteiger partial charge in [-0.2, -0.15) is 0 Å². The number of anilines is 1. The van der Waals surface area contributed by atoms with Gasteiger partial charge < -0.3 is 19.5 Å². The smallest absolute Gasteiger partial charge is 0.265 e. The number of nitrogens with one attached hydrogen (secondary N) is 1. The largest absolute Gasteiger partial charge is 0.491 e. The Balaban J connectivity index is 1.85. The number of hydrogen-bond donors (Lipinski definition) is 1. The molecule has 2 rings (SSSR count). The van der Waals surface area contributed by atoms with Crippen LogP contribution in [0.3, 0.4) is 0 Å². The lowest BCUT2D eigenvalue weighted by molar-refractivity contribution is -0.122. The molecule has 0 aromatic heterocycles. The van der Waals surface area contributed by atoms with Gasteiger partial charge in [-0.15, -0.1) is 0 Å². The number of hydrogen-bond acceptors (Lipinski definition) is 4. The third-order valence-electron chi connectivity index (χ3n) is 3.17. The summed E-state index contributed by atoms with van der Waals surface area (Å²) in [7, 11) is 1.62. The van der Waals surface area contributed by atoms with E-state index in [0.717, 1.165) is 5.75 Å². The van der Waals surface area contributed by atoms with Crippen LogP contribution < -0.4 is 14.8 Å². The molecule has 0 spiro atoms. The Morgan fingerprint density at radius 2 is 1.67 bits per heavy atom. The van der Waals surface area contributed by atoms with Crippen LogP contribution in [0, 0.1) is 0 Å². The van der Waals surface area contributed by atoms with Crippen molar-refractivity contribution in [1.29, 1.82) is 0 Å². The van der Waals surface area contributed by atoms with Crippen LogP contribution in [0.5, 0.6) is 11.5 Å². The summed E-state index contributed by atoms with van der Waals surface area (Å²) in [5, 5.41) is 3.42. The molecule has 1 unspecified atom stereocenters. The zero-order valence-corrected chi connectivity index (χ0v) is 14.4. The van der Waals surface area contributed by atoms with E-state index < -0.39 is 6.10 Å². The maximum atomic E-state index is 12.2. The Kier molecular flexibility index (Phi) is 6.90. The highest BCUT2D eigenvalue weighted by molar-refractivity contribution is 6.30. The minimum atomic E-state index is -0.635. The lowest BCUT2D eigenvalue weighted by atomic mass is 10.2. The first-order chi connectivity index (χ1) is 11.6. The molecule has 0 aliphatic carbocycles. The van der Waals surface area contributed by atoms with Crippen molar-refractivity contribution < 1.29 is 19.0 Å². The van der Waals surface area contributed by atoms with Gasteiger partial charge in [-0.1, -0.05) is 11.6 Å². The number of carbonyl (C=O) groups is 1. The average Bonchev–Trinajstić information content (AvgIpc) is 2.58. The lowest BCUT2D eigenvalue weighted by Gasteiger charge is -2.15. The molecule has 6 heteroatoms. The van der Waals surface area contributed by atoms with Crippen molar-refractivity contribution in [2.24, 2.45) is 0 Å². The molecule has 0 fully saturated rings. The highest BCUT2D eigenvalue weighted by Gasteiger charge is 2.14. The van der Waals surface area contributed by atoms with Gasteiger partial charge in [0.15, 0.2) is 6.10 Å². The normalized spacial score (nSPS) is 11.6. The van der Waals surface area contributed by atoms with Crippen LogP contribution >= 0.6 is 11.6 Å². The molecule has 0 aliphatic rings. The predicted molar refractivity (Wildman–Crippen MR) is 94.0 cm³/mol. The average molecular weight is 350 g/mol. The van der Waals surface area contributed by atoms with Gasteiger partial charge in [0, 0.05) is 17.8 Å². The SMILES string of the molecule is COCCOc1ccc(NC(=O)C(C)Oc2ccc(Cl)cc2)cc1. The topological polar surface area (TPSA) is 56.8 Å². The Morgan fingerprint density at radius 3 is 2.29 bits per heavy atom. The van der Waals surface area contributed by atoms with Crippen molar-refractivity contribution in [3.8, 4) is 11.5 Å². The molecule has 5 nitrogen and oxygen atoms in total. The van der Waals surface area contributed by atoms with E-state index in [9.17, 15) is 4.79 Å². The second-order valence-electron chi connectivity index (χ2n) is 5.07. The van der Waals surface area contributed by atoms with Gasteiger partial charge in [-0.3, -0.25) is 4.79 Å². The summed E-state index contributed by atoms with van der Waals surface area (Å²) in [4.78, 5) is 12.2. The quantitative estimate of drug-likeness (QED) is 0.737. The first-order valence-electron chi connectivity index (χ1n) is 7.53. The van der Waals surface area contributed by atoms with E-state index in [1.165, 1.54) is 0 Å². The molecule has 24 heavy (non-hydrogen) atoms. The van der Waals surface area contributed by atoms with Gasteiger partial charge in [0.25, 0.3) is 5.91 Å². The number of ether oxygens (including phenoxy) is 3. The van der Waals surface area contributed by atoms with E-state index in [0.29, 0.717) is 29.7 Å². The van der Waals surface area contributed by atoms with Crippen LogP contribution in [-0.4, -0.2) is 32.3 Å². The van der Waals surface area contributed by atoms with Crippen molar-refractivity contribution in [3.05, 3.63) is 53.6 Å². The number of halogens is 1. The summed E-state index contributed by atoms with van der Waals surface area (Å²) in [6.07, 6.45) is -0.635. The fraction of sp³-hybridized carbons (Fsp3) is 0.278. The van der Waals surface area contributed by atoms with E-state index in [4.69, 9.17) is 25.8 Å². The molecule has 128 valence electrons. The Labute approximate surface area is 146 Å². The van der Waals surface area contributed by atoms with Gasteiger partial charge in [0.2, 0.25) is 0 Å². The van der Waals surface area contributed by atoms with Crippen molar-refractivity contribution in [2.45, 2.75) is 13.0 Å². The van der Waals surface area contributed by atoms with Crippen LogP contribution in [0.2, 0.25) is 5.02 Å². The zero-order chi connectivity index (χ0) is 17.4. The maximum absolute atomic E-state index is 12.2. The van der Waals surface area contributed by atoms with E-state index in [2.05, 4.69) is 5.32 Å². The van der Waals surface area contributed by atoms with Crippen molar-refractivity contribution in [3.63, 3.8) is 0 Å². The zero-order valence-electron chi connectivity index (χ0n) is 13.6. The minimum Gasteiger partial charge on any atom is -0.491 e. The van der Waals surface area contributed by atoms with Gasteiger partial charge in [0.05, 0.1) is 6.61 Å². The first-order valence-corrected chi connectivity index (χ1v) is 7.91. The lowest BCUT2D eigenvalue weighted by Crippen LogP contribution is -2.30. The molecule has 1 amide bonds. The fourth-order valence-electron chi connectivity index (χ4n) is 1.89. The summed E-state index contributed by atoms with van der Waals surface area (Å²) in [6, 6.07) is 14.0. The number of benzene rings is 2. The number of carbonyl (C=O) groups excluding carboxylic acids is 1. The summed E-state index contributed by atoms with van der Waals surface area (Å²) < 4.78 is 16.0. The molecule has 0 radical (unpaired) electrons. The molecule has 2 aromatic rings. The van der Waals surface area contributed by atoms with Gasteiger partial charge >= 0.3 is 0 Å². The van der Waals surface area contributed by atoms with Crippen LogP contribution in [0.1, 0.15) is 6.92 Å². The van der Waals surface area contributed by atoms with Crippen LogP contribution in [0.15, 0.2) is 48.5 Å². The van der Waals surface area contributed by atoms with Crippen molar-refractivity contribution >= 4 is 23.2 Å². The molecule has 0 bridgehead atoms. The standard InChI is InChI=1S/C18H20ClNO4/c1-13(24-17-7-3-14(19)4-8-17)18(21)20-15-5-9-16(10-6-15)23-12-11-22-2/h3-10,13H,11-12H2,1-2H3,(H,20,21). The first kappa shape index (κ1) is 18.1. The van der Waals surface area contributed by atoms with Gasteiger partial charge in [-0.05, 0) is 55.5 Å². The summed E-state index contributed by atoms with van der Waals surface area (Å²) >= 11 is 5.82. The maximum Gasteiger partial charge on any atom is 0.265 e. The highest BCUT2D eigenvalue weighted by atomic mass is 35.5. The van der Waals surface area contributed by atoms with Crippen molar-refractivity contribution in [1.82, 2.24) is 0 Å². The number of amides is 1. The Morgan fingerprint density at radius 1 is 1.04 bits per heavy atom. The third kappa shape index (κ3) is 5.76. The highest BCUT2D eigenvalue weighted by Crippen LogP contribution is 2.18. The minimum absolute atomic E-state index is 0.238. The van der Waals surface area contributed by atoms with E-state index >= 15 is 0 Å². The monoisotopic (exact) mass is 349 g/mol. The summed E-state index contributed by atoms with van der Waals surface area (Å²) in [5.41, 5.74) is 0.672. The second kappa shape index (κ2) is 9.15. The third-order valence-corrected chi connectivity index (χ3v) is 3.43. The molecule has 1 atom stereocenters. The molecule has 0 aliphatic heterocycles. The number of methoxy groups -OCH3 is 1. The van der Waals surface area contributed by atoms with Crippen molar-refractivity contribution in [2.75, 3.05) is 25.6 Å². The molecule has 0 saturated heterocycles. The van der Waals surface area contributed by atoms with Gasteiger partial charge in [0.1, 0.15) is 18.1 Å². The Bertz CT molecular complexity index is 643. The van der Waals surface area contributed by atoms with E-state index in [1.54, 1.807) is 62.6 Å². The fourth-order valence-corrected chi connectivity index (χ4v) is 2.02. The molecule has 2 aromatic carbocycles.